The van der Waals surface area contributed by atoms with E-state index in [2.05, 4.69) is 76.2 Å². The van der Waals surface area contributed by atoms with Crippen molar-refractivity contribution in [1.29, 1.82) is 0 Å². The normalized spacial score (nSPS) is 46.6. The van der Waals surface area contributed by atoms with Crippen LogP contribution < -0.4 is 0 Å². The molecular weight excluding hydrogens is 1500 g/mol. The second-order valence-corrected chi connectivity index (χ2v) is 56.5. The molecule has 0 aromatic carbocycles. The quantitative estimate of drug-likeness (QED) is 0.227. The maximum absolute atomic E-state index is 2.50. The molecule has 27 atom stereocenters. The Balaban J connectivity index is 0.000000102. The molecule has 0 aromatic rings. The molecule has 4 spiro atoms. The summed E-state index contributed by atoms with van der Waals surface area (Å²) in [5.41, 5.74) is 5.07. The van der Waals surface area contributed by atoms with E-state index < -0.39 is 0 Å². The van der Waals surface area contributed by atoms with Gasteiger partial charge in [0.2, 0.25) is 0 Å². The Hall–Kier alpha value is 0. The molecule has 27 fully saturated rings. The number of fused-ring (bicyclic) bond motifs is 19. The minimum atomic E-state index is 0.821. The minimum absolute atomic E-state index is 0.821. The van der Waals surface area contributed by atoms with Crippen molar-refractivity contribution in [2.75, 3.05) is 0 Å². The van der Waals surface area contributed by atoms with E-state index in [0.717, 1.165) is 175 Å². The van der Waals surface area contributed by atoms with Gasteiger partial charge < -0.3 is 0 Å². The topological polar surface area (TPSA) is 0 Å². The summed E-state index contributed by atoms with van der Waals surface area (Å²) in [6, 6.07) is 0. The Labute approximate surface area is 782 Å². The van der Waals surface area contributed by atoms with Crippen LogP contribution in [0.15, 0.2) is 0 Å². The van der Waals surface area contributed by atoms with E-state index in [1.165, 1.54) is 241 Å². The lowest BCUT2D eigenvalue weighted by atomic mass is 9.44. The molecule has 27 rings (SSSR count). The largest absolute Gasteiger partial charge is 0.0625 e. The fraction of sp³-hybridized carbons (Fsp3) is 1.00. The number of rotatable bonds is 0. The molecule has 0 N–H and O–H groups in total. The van der Waals surface area contributed by atoms with Gasteiger partial charge in [0.1, 0.15) is 0 Å². The monoisotopic (exact) mass is 1720 g/mol. The molecule has 0 nitrogen and oxygen atoms in total. The van der Waals surface area contributed by atoms with Crippen LogP contribution in [0.25, 0.3) is 0 Å². The standard InChI is InChI=1S/2C15H26.C12H20.C12H22.C11H18.2C11H20.2C10H18.2C9H16/c1-13-6-11-14-7-2-4-9-15(14,12-13)10-5-3-8-14;1-11-6-7-14-9-12-4-2-3-5-13(12)10-15(14)8-11;1-8-6-9-7-12(8)11-5-3-2-4-10(9)11;1-11-6-5-9-12(10-11)7-3-2-4-8-12;1-7-5-8-6-11(7)10-4-2-3-9(8)10;1-9-5-6-10-3-2-4-11(7-9)8-10;1-10-5-8-11(9-10)6-3-2-4-7-11;1-8-2-3-9-4-5-10(6-8)7-9;1-9-4-7-10(8-9)5-2-3-6-10;1-8-3-6-9(7-8)4-2-5-9;1-7-2-3-8-5-9(4-7)6-8/h13H,2-12H2,1H3;11-15H,2-10H2,1H3;8-12H,2-7H2,1H3;11H,2-10H2,1H3;7-11H,2-6H2,1H3;9-11H,2-8H2,1H3;10H,2-9H2,1H3;8-10H,2-7H2,1H3;9H,2-8H2,1H3;8H,2-7H2,1H3;7-9H,2-6H2,1H3/t13-,14?,15?;11-,12?,13?,14?,15?;8-,9?,10?,11?,12?;11-;7-,8?,9?,10?,11?;9-,10?,11?;10-;8-,9?,10?;9-;8-;7-,8?,9?/m11111111111/s1. The molecule has 0 amide bonds. The molecule has 720 valence electrons. The third-order valence-electron chi connectivity index (χ3n) is 46.8. The first-order valence-electron chi connectivity index (χ1n) is 60.6. The van der Waals surface area contributed by atoms with Gasteiger partial charge in [0.15, 0.2) is 0 Å². The fourth-order valence-electron chi connectivity index (χ4n) is 40.2. The van der Waals surface area contributed by atoms with Gasteiger partial charge in [-0.15, -0.1) is 0 Å². The fourth-order valence-corrected chi connectivity index (χ4v) is 40.2. The van der Waals surface area contributed by atoms with Crippen molar-refractivity contribution in [2.24, 2.45) is 204 Å². The molecule has 10 bridgehead atoms. The predicted octanol–water partition coefficient (Wildman–Crippen LogP) is 40.0. The molecule has 16 unspecified atom stereocenters. The van der Waals surface area contributed by atoms with Crippen LogP contribution >= 0.6 is 0 Å². The van der Waals surface area contributed by atoms with Crippen LogP contribution in [0.2, 0.25) is 0 Å². The highest BCUT2D eigenvalue weighted by atomic mass is 14.6. The highest BCUT2D eigenvalue weighted by Gasteiger charge is 2.57. The summed E-state index contributed by atoms with van der Waals surface area (Å²) in [5.74, 6) is 32.2. The van der Waals surface area contributed by atoms with Gasteiger partial charge in [0.05, 0.1) is 0 Å². The van der Waals surface area contributed by atoms with Crippen molar-refractivity contribution in [1.82, 2.24) is 0 Å². The van der Waals surface area contributed by atoms with E-state index in [4.69, 9.17) is 0 Å². The van der Waals surface area contributed by atoms with Crippen LogP contribution in [0.1, 0.15) is 583 Å². The van der Waals surface area contributed by atoms with Crippen LogP contribution in [-0.4, -0.2) is 0 Å². The van der Waals surface area contributed by atoms with E-state index in [1.54, 1.807) is 295 Å². The molecule has 27 saturated carbocycles. The first kappa shape index (κ1) is 98.1. The van der Waals surface area contributed by atoms with Gasteiger partial charge in [0.25, 0.3) is 0 Å². The highest BCUT2D eigenvalue weighted by Crippen LogP contribution is 2.68. The molecule has 0 heterocycles. The maximum Gasteiger partial charge on any atom is -0.0238 e. The maximum atomic E-state index is 2.50. The van der Waals surface area contributed by atoms with Crippen molar-refractivity contribution in [3.63, 3.8) is 0 Å². The summed E-state index contributed by atoms with van der Waals surface area (Å²) in [6.07, 6.45) is 122. The van der Waals surface area contributed by atoms with E-state index in [1.807, 2.05) is 0 Å². The average molecular weight is 1720 g/mol. The summed E-state index contributed by atoms with van der Waals surface area (Å²) in [6.45, 7) is 27.0. The van der Waals surface area contributed by atoms with E-state index in [9.17, 15) is 0 Å². The molecule has 0 saturated heterocycles. The Morgan fingerprint density at radius 2 is 0.464 bits per heavy atom. The van der Waals surface area contributed by atoms with Crippen molar-refractivity contribution in [2.45, 2.75) is 583 Å². The predicted molar refractivity (Wildman–Crippen MR) is 543 cm³/mol. The first-order valence-corrected chi connectivity index (χ1v) is 60.6. The van der Waals surface area contributed by atoms with Gasteiger partial charge in [-0.3, -0.25) is 0 Å². The molecule has 0 heteroatoms. The van der Waals surface area contributed by atoms with Gasteiger partial charge in [-0.25, -0.2) is 0 Å². The van der Waals surface area contributed by atoms with Gasteiger partial charge in [-0.1, -0.05) is 320 Å². The SMILES string of the molecule is C[C@@H]1CC2CC1C1CCCC21.C[C@@H]1CC2CC1C1CCCCC21.C[C@@H]1CCC2(CCC2)C1.C[C@@H]1CCC2(CCCC2)C1.C[C@@H]1CCC2(CCCCC2)C1.C[C@@H]1CCC23CCCCC2(CCCC3)C1.C[C@@H]1CCC2CC(C2)C1.C[C@@H]1CCC2CC3CCCCC3CC2C1.C[C@@H]1CCC2CCC(C2)C1.C[C@@H]1CCC2CCCC(C2)C1.C[C@@H]1CCCC2(CCCCC2)C1. The molecule has 0 radical (unpaired) electrons. The zero-order chi connectivity index (χ0) is 86.6. The third-order valence-corrected chi connectivity index (χ3v) is 46.8. The molecular formula is C125H220. The van der Waals surface area contributed by atoms with Crippen LogP contribution in [0, 0.1) is 204 Å². The lowest BCUT2D eigenvalue weighted by Crippen LogP contribution is -2.50. The van der Waals surface area contributed by atoms with Gasteiger partial charge >= 0.3 is 0 Å². The minimum Gasteiger partial charge on any atom is -0.0625 e. The molecule has 125 heavy (non-hydrogen) atoms. The highest BCUT2D eigenvalue weighted by molar-refractivity contribution is 5.07. The summed E-state index contributed by atoms with van der Waals surface area (Å²) in [4.78, 5) is 0. The van der Waals surface area contributed by atoms with Gasteiger partial charge in [-0.2, -0.15) is 0 Å². The summed E-state index contributed by atoms with van der Waals surface area (Å²) < 4.78 is 0. The smallest absolute Gasteiger partial charge is 0.0238 e. The van der Waals surface area contributed by atoms with Gasteiger partial charge in [0, 0.05) is 0 Å². The second-order valence-electron chi connectivity index (χ2n) is 56.5. The summed E-state index contributed by atoms with van der Waals surface area (Å²) in [7, 11) is 0. The van der Waals surface area contributed by atoms with E-state index >= 15 is 0 Å². The lowest BCUT2D eigenvalue weighted by Gasteiger charge is -2.61. The van der Waals surface area contributed by atoms with E-state index in [-0.39, 0.29) is 0 Å². The Bertz CT molecular complexity index is 3030. The Morgan fingerprint density at radius 3 is 0.968 bits per heavy atom. The van der Waals surface area contributed by atoms with Crippen LogP contribution in [0.3, 0.4) is 0 Å². The Kier molecular flexibility index (Phi) is 36.1. The third kappa shape index (κ3) is 25.9. The number of hydrogen-bond acceptors (Lipinski definition) is 0. The molecule has 27 aliphatic rings. The summed E-state index contributed by atoms with van der Waals surface area (Å²) in [5, 5.41) is 0. The van der Waals surface area contributed by atoms with Crippen molar-refractivity contribution >= 4 is 0 Å². The van der Waals surface area contributed by atoms with Crippen LogP contribution in [-0.2, 0) is 0 Å². The van der Waals surface area contributed by atoms with Crippen molar-refractivity contribution < 1.29 is 0 Å². The van der Waals surface area contributed by atoms with E-state index in [0.29, 0.717) is 0 Å². The Morgan fingerprint density at radius 1 is 0.136 bits per heavy atom. The number of hydrogen-bond donors (Lipinski definition) is 0. The molecule has 0 aromatic heterocycles. The molecule has 0 aliphatic heterocycles. The van der Waals surface area contributed by atoms with Crippen molar-refractivity contribution in [3.05, 3.63) is 0 Å². The van der Waals surface area contributed by atoms with Crippen molar-refractivity contribution in [3.8, 4) is 0 Å². The zero-order valence-electron chi connectivity index (χ0n) is 86.6. The zero-order valence-corrected chi connectivity index (χ0v) is 86.6. The second kappa shape index (κ2) is 46.0. The van der Waals surface area contributed by atoms with Crippen LogP contribution in [0.5, 0.6) is 0 Å². The summed E-state index contributed by atoms with van der Waals surface area (Å²) >= 11 is 0. The lowest BCUT2D eigenvalue weighted by molar-refractivity contribution is -0.105. The first-order chi connectivity index (χ1) is 60.6. The molecule has 27 aliphatic carbocycles. The van der Waals surface area contributed by atoms with Gasteiger partial charge in [-0.05, 0) is 467 Å². The average Bonchev–Trinajstić information content (AvgIpc) is 1.52. The van der Waals surface area contributed by atoms with Crippen LogP contribution in [0.4, 0.5) is 0 Å².